The summed E-state index contributed by atoms with van der Waals surface area (Å²) in [6.45, 7) is 9.27. The number of para-hydroxylation sites is 1. The Labute approximate surface area is 236 Å². The van der Waals surface area contributed by atoms with E-state index in [2.05, 4.69) is 4.99 Å². The maximum Gasteiger partial charge on any atom is 0.338 e. The first-order chi connectivity index (χ1) is 19.1. The van der Waals surface area contributed by atoms with E-state index in [1.165, 1.54) is 22.8 Å². The summed E-state index contributed by atoms with van der Waals surface area (Å²) in [5.74, 6) is 0.259. The van der Waals surface area contributed by atoms with E-state index in [0.717, 1.165) is 5.56 Å². The number of aromatic nitrogens is 1. The lowest BCUT2D eigenvalue weighted by molar-refractivity contribution is -0.140. The van der Waals surface area contributed by atoms with Gasteiger partial charge in [-0.2, -0.15) is 0 Å². The van der Waals surface area contributed by atoms with Crippen LogP contribution in [0.2, 0.25) is 0 Å². The SMILES string of the molecule is CCOc1cc(C2C(C(=O)OCC(C)C)=C(C)N=c3s/c(=C/c4ccccc4OC)c(=O)n32)ccc1OC(C)=O. The molecule has 210 valence electrons. The van der Waals surface area contributed by atoms with Crippen LogP contribution in [0.25, 0.3) is 6.08 Å². The topological polar surface area (TPSA) is 105 Å². The molecule has 3 aromatic rings. The second-order valence-electron chi connectivity index (χ2n) is 9.55. The third-order valence-electron chi connectivity index (χ3n) is 6.05. The van der Waals surface area contributed by atoms with Crippen LogP contribution in [0.4, 0.5) is 0 Å². The lowest BCUT2D eigenvalue weighted by atomic mass is 9.95. The number of esters is 2. The van der Waals surface area contributed by atoms with Crippen LogP contribution in [0.1, 0.15) is 51.8 Å². The van der Waals surface area contributed by atoms with Gasteiger partial charge in [-0.05, 0) is 49.6 Å². The highest BCUT2D eigenvalue weighted by Crippen LogP contribution is 2.36. The Morgan fingerprint density at radius 1 is 1.12 bits per heavy atom. The summed E-state index contributed by atoms with van der Waals surface area (Å²) >= 11 is 1.22. The number of nitrogens with zero attached hydrogens (tertiary/aromatic N) is 2. The molecule has 1 aliphatic rings. The zero-order chi connectivity index (χ0) is 29.0. The van der Waals surface area contributed by atoms with Gasteiger partial charge in [0, 0.05) is 12.5 Å². The van der Waals surface area contributed by atoms with Crippen molar-refractivity contribution in [2.45, 2.75) is 40.7 Å². The van der Waals surface area contributed by atoms with E-state index in [0.29, 0.717) is 38.7 Å². The predicted octanol–water partition coefficient (Wildman–Crippen LogP) is 3.77. The van der Waals surface area contributed by atoms with Gasteiger partial charge in [0.2, 0.25) is 0 Å². The number of carbonyl (C=O) groups is 2. The van der Waals surface area contributed by atoms with Crippen molar-refractivity contribution in [3.8, 4) is 17.2 Å². The van der Waals surface area contributed by atoms with E-state index < -0.39 is 18.0 Å². The number of fused-ring (bicyclic) bond motifs is 1. The molecule has 1 unspecified atom stereocenters. The number of rotatable bonds is 9. The molecule has 40 heavy (non-hydrogen) atoms. The molecule has 9 nitrogen and oxygen atoms in total. The minimum Gasteiger partial charge on any atom is -0.496 e. The highest BCUT2D eigenvalue weighted by Gasteiger charge is 2.34. The van der Waals surface area contributed by atoms with Crippen LogP contribution >= 0.6 is 11.3 Å². The van der Waals surface area contributed by atoms with Crippen molar-refractivity contribution < 1.29 is 28.5 Å². The number of hydrogen-bond acceptors (Lipinski definition) is 9. The number of allylic oxidation sites excluding steroid dienone is 1. The number of thiazole rings is 1. The van der Waals surface area contributed by atoms with Crippen LogP contribution < -0.4 is 29.1 Å². The summed E-state index contributed by atoms with van der Waals surface area (Å²) < 4.78 is 24.1. The zero-order valence-electron chi connectivity index (χ0n) is 23.3. The predicted molar refractivity (Wildman–Crippen MR) is 151 cm³/mol. The minimum absolute atomic E-state index is 0.123. The van der Waals surface area contributed by atoms with Gasteiger partial charge >= 0.3 is 11.9 Å². The van der Waals surface area contributed by atoms with Gasteiger partial charge in [0.15, 0.2) is 16.3 Å². The number of hydrogen-bond donors (Lipinski definition) is 0. The normalized spacial score (nSPS) is 15.0. The molecule has 0 saturated heterocycles. The van der Waals surface area contributed by atoms with Gasteiger partial charge in [-0.15, -0.1) is 0 Å². The molecule has 0 aliphatic carbocycles. The Morgan fingerprint density at radius 2 is 1.88 bits per heavy atom. The fourth-order valence-corrected chi connectivity index (χ4v) is 5.38. The zero-order valence-corrected chi connectivity index (χ0v) is 24.2. The second-order valence-corrected chi connectivity index (χ2v) is 10.6. The fourth-order valence-electron chi connectivity index (χ4n) is 4.35. The van der Waals surface area contributed by atoms with Crippen molar-refractivity contribution in [3.63, 3.8) is 0 Å². The van der Waals surface area contributed by atoms with Crippen molar-refractivity contribution in [3.05, 3.63) is 84.5 Å². The Hall–Kier alpha value is -4.18. The van der Waals surface area contributed by atoms with Crippen molar-refractivity contribution >= 4 is 29.4 Å². The molecule has 0 fully saturated rings. The Kier molecular flexibility index (Phi) is 8.89. The summed E-state index contributed by atoms with van der Waals surface area (Å²) in [6, 6.07) is 11.5. The van der Waals surface area contributed by atoms with Gasteiger partial charge in [-0.1, -0.05) is 49.4 Å². The highest BCUT2D eigenvalue weighted by atomic mass is 32.1. The van der Waals surface area contributed by atoms with E-state index in [4.69, 9.17) is 18.9 Å². The van der Waals surface area contributed by atoms with Crippen LogP contribution in [0, 0.1) is 5.92 Å². The Bertz CT molecular complexity index is 1650. The van der Waals surface area contributed by atoms with Gasteiger partial charge in [-0.3, -0.25) is 14.2 Å². The van der Waals surface area contributed by atoms with E-state index >= 15 is 0 Å². The molecule has 1 aliphatic heterocycles. The molecule has 10 heteroatoms. The average Bonchev–Trinajstić information content (AvgIpc) is 3.21. The van der Waals surface area contributed by atoms with E-state index in [9.17, 15) is 14.4 Å². The van der Waals surface area contributed by atoms with Crippen molar-refractivity contribution in [1.82, 2.24) is 4.57 Å². The van der Waals surface area contributed by atoms with E-state index in [1.807, 2.05) is 45.0 Å². The molecule has 1 aromatic heterocycles. The maximum atomic E-state index is 13.9. The first-order valence-corrected chi connectivity index (χ1v) is 13.7. The Morgan fingerprint density at radius 3 is 2.55 bits per heavy atom. The van der Waals surface area contributed by atoms with Gasteiger partial charge in [0.05, 0.1) is 42.2 Å². The molecule has 2 aromatic carbocycles. The van der Waals surface area contributed by atoms with Gasteiger partial charge in [0.1, 0.15) is 5.75 Å². The first-order valence-electron chi connectivity index (χ1n) is 12.9. The fraction of sp³-hybridized carbons (Fsp3) is 0.333. The molecule has 4 rings (SSSR count). The largest absolute Gasteiger partial charge is 0.496 e. The molecule has 0 bridgehead atoms. The maximum absolute atomic E-state index is 13.9. The summed E-state index contributed by atoms with van der Waals surface area (Å²) in [5.41, 5.74) is 1.70. The average molecular weight is 565 g/mol. The molecular weight excluding hydrogens is 532 g/mol. The molecule has 0 spiro atoms. The molecule has 0 amide bonds. The van der Waals surface area contributed by atoms with Gasteiger partial charge in [0.25, 0.3) is 5.56 Å². The van der Waals surface area contributed by atoms with Crippen molar-refractivity contribution in [2.24, 2.45) is 10.9 Å². The molecule has 0 N–H and O–H groups in total. The van der Waals surface area contributed by atoms with Crippen molar-refractivity contribution in [2.75, 3.05) is 20.3 Å². The van der Waals surface area contributed by atoms with Crippen LogP contribution in [0.3, 0.4) is 0 Å². The monoisotopic (exact) mass is 564 g/mol. The number of benzene rings is 2. The Balaban J connectivity index is 1.95. The molecule has 2 heterocycles. The molecule has 1 atom stereocenters. The highest BCUT2D eigenvalue weighted by molar-refractivity contribution is 7.07. The first kappa shape index (κ1) is 28.8. The number of methoxy groups -OCH3 is 1. The van der Waals surface area contributed by atoms with Crippen LogP contribution in [0.5, 0.6) is 17.2 Å². The number of ether oxygens (including phenoxy) is 4. The van der Waals surface area contributed by atoms with Gasteiger partial charge in [-0.25, -0.2) is 9.79 Å². The third-order valence-corrected chi connectivity index (χ3v) is 7.03. The lowest BCUT2D eigenvalue weighted by Gasteiger charge is -2.25. The van der Waals surface area contributed by atoms with E-state index in [1.54, 1.807) is 38.3 Å². The second kappa shape index (κ2) is 12.3. The molecular formula is C30H32N2O7S. The lowest BCUT2D eigenvalue weighted by Crippen LogP contribution is -2.40. The van der Waals surface area contributed by atoms with Crippen LogP contribution in [0.15, 0.2) is 63.5 Å². The molecule has 0 radical (unpaired) electrons. The smallest absolute Gasteiger partial charge is 0.338 e. The summed E-state index contributed by atoms with van der Waals surface area (Å²) in [6.07, 6.45) is 1.76. The standard InChI is InChI=1S/C30H32N2O7S/c1-7-37-24-14-21(12-13-23(24)39-19(5)33)27-26(29(35)38-16-17(2)3)18(4)31-30-32(27)28(34)25(40-30)15-20-10-8-9-11-22(20)36-6/h8-15,17,27H,7,16H2,1-6H3/b25-15+. The van der Waals surface area contributed by atoms with Crippen LogP contribution in [-0.2, 0) is 14.3 Å². The summed E-state index contributed by atoms with van der Waals surface area (Å²) in [4.78, 5) is 44.1. The number of carbonyl (C=O) groups excluding carboxylic acids is 2. The van der Waals surface area contributed by atoms with Crippen molar-refractivity contribution in [1.29, 1.82) is 0 Å². The third kappa shape index (κ3) is 6.02. The quantitative estimate of drug-likeness (QED) is 0.288. The molecule has 0 saturated carbocycles. The summed E-state index contributed by atoms with van der Waals surface area (Å²) in [5, 5.41) is 0. The van der Waals surface area contributed by atoms with E-state index in [-0.39, 0.29) is 29.4 Å². The van der Waals surface area contributed by atoms with Gasteiger partial charge < -0.3 is 18.9 Å². The van der Waals surface area contributed by atoms with Crippen LogP contribution in [-0.4, -0.2) is 36.8 Å². The minimum atomic E-state index is -0.846. The summed E-state index contributed by atoms with van der Waals surface area (Å²) in [7, 11) is 1.57.